The first-order valence-corrected chi connectivity index (χ1v) is 7.46. The fraction of sp³-hybridized carbons (Fsp3) is 0.588. The Morgan fingerprint density at radius 1 is 0.895 bits per heavy atom. The Morgan fingerprint density at radius 3 is 1.79 bits per heavy atom. The molecule has 1 radical (unpaired) electrons. The molecule has 0 saturated heterocycles. The number of hydrogen-bond donors (Lipinski definition) is 0. The van der Waals surface area contributed by atoms with Gasteiger partial charge in [0.1, 0.15) is 0 Å². The third-order valence-corrected chi connectivity index (χ3v) is 5.77. The van der Waals surface area contributed by atoms with Crippen molar-refractivity contribution in [2.24, 2.45) is 17.8 Å². The first-order valence-electron chi connectivity index (χ1n) is 7.46. The Kier molecular flexibility index (Phi) is 2.33. The summed E-state index contributed by atoms with van der Waals surface area (Å²) in [7, 11) is 0. The molecule has 0 unspecified atom stereocenters. The van der Waals surface area contributed by atoms with E-state index in [4.69, 9.17) is 0 Å². The molecule has 4 aliphatic rings. The van der Waals surface area contributed by atoms with E-state index in [1.165, 1.54) is 44.1 Å². The van der Waals surface area contributed by atoms with Crippen LogP contribution in [-0.4, -0.2) is 5.97 Å². The van der Waals surface area contributed by atoms with Crippen molar-refractivity contribution in [1.29, 1.82) is 0 Å². The highest BCUT2D eigenvalue weighted by Crippen LogP contribution is 2.60. The van der Waals surface area contributed by atoms with Crippen molar-refractivity contribution in [1.82, 2.24) is 0 Å². The van der Waals surface area contributed by atoms with Crippen molar-refractivity contribution in [3.8, 4) is 0 Å². The Morgan fingerprint density at radius 2 is 1.37 bits per heavy atom. The Bertz CT molecular complexity index is 479. The molecule has 1 aromatic rings. The molecule has 1 aromatic carbocycles. The summed E-state index contributed by atoms with van der Waals surface area (Å²) in [6.45, 7) is 0. The van der Waals surface area contributed by atoms with Crippen LogP contribution in [0.15, 0.2) is 24.3 Å². The molecule has 4 aliphatic carbocycles. The summed E-state index contributed by atoms with van der Waals surface area (Å²) in [6.07, 6.45) is 8.29. The fourth-order valence-corrected chi connectivity index (χ4v) is 5.42. The Labute approximate surface area is 113 Å². The number of benzene rings is 1. The van der Waals surface area contributed by atoms with Gasteiger partial charge in [0.15, 0.2) is 0 Å². The molecule has 0 aliphatic heterocycles. The van der Waals surface area contributed by atoms with Gasteiger partial charge in [-0.1, -0.05) is 12.1 Å². The van der Waals surface area contributed by atoms with Crippen LogP contribution < -0.4 is 0 Å². The average Bonchev–Trinajstić information content (AvgIpc) is 2.37. The first-order chi connectivity index (χ1) is 9.14. The summed E-state index contributed by atoms with van der Waals surface area (Å²) in [6, 6.07) is 7.53. The van der Waals surface area contributed by atoms with Crippen molar-refractivity contribution < 1.29 is 9.90 Å². The molecule has 0 aromatic heterocycles. The molecule has 2 heteroatoms. The molecule has 4 fully saturated rings. The highest BCUT2D eigenvalue weighted by Gasteiger charge is 2.51. The molecular weight excluding hydrogens is 236 g/mol. The number of carbonyl (C=O) groups is 1. The molecule has 0 heterocycles. The van der Waals surface area contributed by atoms with Gasteiger partial charge in [0.2, 0.25) is 0 Å². The maximum atomic E-state index is 10.8. The lowest BCUT2D eigenvalue weighted by molar-refractivity contribution is -0.00521. The monoisotopic (exact) mass is 255 g/mol. The molecule has 99 valence electrons. The van der Waals surface area contributed by atoms with Gasteiger partial charge in [-0.15, -0.1) is 0 Å². The molecule has 4 bridgehead atoms. The van der Waals surface area contributed by atoms with Crippen LogP contribution in [0, 0.1) is 17.8 Å². The lowest BCUT2D eigenvalue weighted by Gasteiger charge is -2.57. The summed E-state index contributed by atoms with van der Waals surface area (Å²) >= 11 is 0. The summed E-state index contributed by atoms with van der Waals surface area (Å²) in [4.78, 5) is 10.8. The van der Waals surface area contributed by atoms with Gasteiger partial charge in [0.25, 0.3) is 0 Å². The molecule has 5 rings (SSSR count). The van der Waals surface area contributed by atoms with E-state index in [1.807, 2.05) is 12.1 Å². The van der Waals surface area contributed by atoms with E-state index < -0.39 is 5.97 Å². The lowest BCUT2D eigenvalue weighted by atomic mass is 9.48. The van der Waals surface area contributed by atoms with Crippen molar-refractivity contribution in [3.63, 3.8) is 0 Å². The van der Waals surface area contributed by atoms with E-state index in [1.54, 1.807) is 12.1 Å². The highest BCUT2D eigenvalue weighted by atomic mass is 16.4. The van der Waals surface area contributed by atoms with Gasteiger partial charge in [-0.3, -0.25) is 0 Å². The van der Waals surface area contributed by atoms with Crippen molar-refractivity contribution in [3.05, 3.63) is 35.4 Å². The third-order valence-electron chi connectivity index (χ3n) is 5.77. The summed E-state index contributed by atoms with van der Waals surface area (Å²) in [5.41, 5.74) is 2.03. The Balaban J connectivity index is 1.69. The average molecular weight is 255 g/mol. The fourth-order valence-electron chi connectivity index (χ4n) is 5.42. The molecule has 0 spiro atoms. The molecule has 4 saturated carbocycles. The van der Waals surface area contributed by atoms with Crippen LogP contribution in [0.25, 0.3) is 0 Å². The van der Waals surface area contributed by atoms with Crippen LogP contribution in [-0.2, 0) is 10.5 Å². The van der Waals surface area contributed by atoms with E-state index in [9.17, 15) is 9.90 Å². The van der Waals surface area contributed by atoms with E-state index in [-0.39, 0.29) is 0 Å². The smallest absolute Gasteiger partial charge is 0.242 e. The SMILES string of the molecule is [O]C(=O)c1ccc(C23CC4CC(CC(C4)C2)C3)cc1. The number of rotatable bonds is 2. The molecule has 0 atom stereocenters. The van der Waals surface area contributed by atoms with Gasteiger partial charge in [-0.05, 0) is 79.4 Å². The standard InChI is InChI=1S/C17H19O2/c18-16(19)14-1-3-15(4-2-14)17-8-11-5-12(9-17)7-13(6-11)10-17/h1-4,11-13H,5-10H2. The summed E-state index contributed by atoms with van der Waals surface area (Å²) in [5, 5.41) is 10.8. The first kappa shape index (κ1) is 11.5. The van der Waals surface area contributed by atoms with Crippen LogP contribution >= 0.6 is 0 Å². The van der Waals surface area contributed by atoms with Gasteiger partial charge < -0.3 is 0 Å². The van der Waals surface area contributed by atoms with E-state index >= 15 is 0 Å². The second-order valence-corrected chi connectivity index (χ2v) is 7.06. The molecular formula is C17H19O2. The second-order valence-electron chi connectivity index (χ2n) is 7.06. The largest absolute Gasteiger partial charge is 0.386 e. The van der Waals surface area contributed by atoms with E-state index in [2.05, 4.69) is 0 Å². The minimum absolute atomic E-state index is 0.300. The summed E-state index contributed by atoms with van der Waals surface area (Å²) in [5.74, 6) is 1.70. The van der Waals surface area contributed by atoms with Crippen molar-refractivity contribution in [2.75, 3.05) is 0 Å². The van der Waals surface area contributed by atoms with E-state index in [0.29, 0.717) is 11.0 Å². The van der Waals surface area contributed by atoms with Gasteiger partial charge in [-0.25, -0.2) is 9.90 Å². The van der Waals surface area contributed by atoms with Gasteiger partial charge >= 0.3 is 5.97 Å². The third kappa shape index (κ3) is 1.73. The van der Waals surface area contributed by atoms with Crippen LogP contribution in [0.4, 0.5) is 0 Å². The topological polar surface area (TPSA) is 37.0 Å². The molecule has 0 amide bonds. The molecule has 2 nitrogen and oxygen atoms in total. The Hall–Kier alpha value is -1.31. The molecule has 19 heavy (non-hydrogen) atoms. The van der Waals surface area contributed by atoms with E-state index in [0.717, 1.165) is 17.8 Å². The maximum Gasteiger partial charge on any atom is 0.386 e. The quantitative estimate of drug-likeness (QED) is 0.793. The van der Waals surface area contributed by atoms with Gasteiger partial charge in [0.05, 0.1) is 5.56 Å². The number of hydrogen-bond acceptors (Lipinski definition) is 1. The zero-order valence-electron chi connectivity index (χ0n) is 11.1. The number of carbonyl (C=O) groups excluding carboxylic acids is 1. The zero-order valence-corrected chi connectivity index (χ0v) is 11.1. The van der Waals surface area contributed by atoms with Gasteiger partial charge in [-0.2, -0.15) is 0 Å². The van der Waals surface area contributed by atoms with Crippen LogP contribution in [0.3, 0.4) is 0 Å². The maximum absolute atomic E-state index is 10.8. The van der Waals surface area contributed by atoms with Crippen LogP contribution in [0.2, 0.25) is 0 Å². The highest BCUT2D eigenvalue weighted by molar-refractivity contribution is 5.87. The zero-order chi connectivity index (χ0) is 13.0. The van der Waals surface area contributed by atoms with Crippen LogP contribution in [0.5, 0.6) is 0 Å². The van der Waals surface area contributed by atoms with Crippen molar-refractivity contribution in [2.45, 2.75) is 43.9 Å². The minimum Gasteiger partial charge on any atom is -0.242 e. The summed E-state index contributed by atoms with van der Waals surface area (Å²) < 4.78 is 0. The second kappa shape index (κ2) is 3.84. The molecule has 0 N–H and O–H groups in total. The van der Waals surface area contributed by atoms with Gasteiger partial charge in [0, 0.05) is 0 Å². The predicted molar refractivity (Wildman–Crippen MR) is 71.3 cm³/mol. The minimum atomic E-state index is -1.07. The van der Waals surface area contributed by atoms with Crippen LogP contribution in [0.1, 0.15) is 54.4 Å². The predicted octanol–water partition coefficient (Wildman–Crippen LogP) is 3.73. The lowest BCUT2D eigenvalue weighted by Crippen LogP contribution is -2.48. The normalized spacial score (nSPS) is 39.5. The van der Waals surface area contributed by atoms with Crippen molar-refractivity contribution >= 4 is 5.97 Å².